The molecule has 0 saturated heterocycles. The molecule has 1 aliphatic heterocycles. The van der Waals surface area contributed by atoms with Crippen molar-refractivity contribution in [1.29, 1.82) is 0 Å². The lowest BCUT2D eigenvalue weighted by Gasteiger charge is -2.57. The molecule has 2 atom stereocenters. The summed E-state index contributed by atoms with van der Waals surface area (Å²) in [7, 11) is 0. The number of aryl methyl sites for hydroxylation is 1. The van der Waals surface area contributed by atoms with Gasteiger partial charge in [0.25, 0.3) is 11.8 Å². The molecule has 6 nitrogen and oxygen atoms in total. The van der Waals surface area contributed by atoms with Crippen molar-refractivity contribution in [3.05, 3.63) is 57.8 Å². The minimum absolute atomic E-state index is 0.00396. The van der Waals surface area contributed by atoms with Crippen LogP contribution in [0.5, 0.6) is 11.5 Å². The summed E-state index contributed by atoms with van der Waals surface area (Å²) in [6.45, 7) is 1.91. The van der Waals surface area contributed by atoms with Crippen LogP contribution in [0.4, 0.5) is 4.39 Å². The average molecular weight is 535 g/mol. The normalized spacial score (nSPS) is 28.6. The van der Waals surface area contributed by atoms with E-state index < -0.39 is 11.9 Å². The quantitative estimate of drug-likeness (QED) is 0.532. The smallest absolute Gasteiger partial charge is 0.261 e. The van der Waals surface area contributed by atoms with Gasteiger partial charge in [0.1, 0.15) is 17.3 Å². The van der Waals surface area contributed by atoms with E-state index in [-0.39, 0.29) is 46.2 Å². The molecular formula is C27H29Cl2FN2O4. The highest BCUT2D eigenvalue weighted by molar-refractivity contribution is 6.31. The molecule has 2 N–H and O–H groups in total. The van der Waals surface area contributed by atoms with Crippen molar-refractivity contribution in [3.63, 3.8) is 0 Å². The molecule has 4 aliphatic rings. The summed E-state index contributed by atoms with van der Waals surface area (Å²) in [4.78, 5) is 25.9. The molecule has 6 rings (SSSR count). The van der Waals surface area contributed by atoms with E-state index in [1.165, 1.54) is 18.2 Å². The molecule has 1 unspecified atom stereocenters. The first-order valence-electron chi connectivity index (χ1n) is 12.3. The fraction of sp³-hybridized carbons (Fsp3) is 0.481. The van der Waals surface area contributed by atoms with E-state index in [2.05, 4.69) is 17.6 Å². The Hall–Kier alpha value is -2.51. The number of fused-ring (bicyclic) bond motifs is 4. The lowest BCUT2D eigenvalue weighted by molar-refractivity contribution is -0.136. The van der Waals surface area contributed by atoms with Gasteiger partial charge in [0.15, 0.2) is 12.7 Å². The molecule has 192 valence electrons. The van der Waals surface area contributed by atoms with E-state index >= 15 is 0 Å². The lowest BCUT2D eigenvalue weighted by atomic mass is 9.56. The first-order valence-corrected chi connectivity index (χ1v) is 13.1. The molecule has 0 radical (unpaired) electrons. The number of ether oxygens (including phenoxy) is 2. The zero-order valence-corrected chi connectivity index (χ0v) is 21.6. The minimum atomic E-state index is -0.591. The maximum atomic E-state index is 13.6. The van der Waals surface area contributed by atoms with E-state index in [4.69, 9.17) is 32.7 Å². The van der Waals surface area contributed by atoms with Crippen LogP contribution in [0.3, 0.4) is 0 Å². The van der Waals surface area contributed by atoms with E-state index in [1.807, 2.05) is 12.1 Å². The maximum absolute atomic E-state index is 13.6. The second-order valence-corrected chi connectivity index (χ2v) is 11.2. The van der Waals surface area contributed by atoms with Crippen molar-refractivity contribution in [2.45, 2.75) is 69.1 Å². The molecule has 36 heavy (non-hydrogen) atoms. The molecule has 2 aromatic carbocycles. The topological polar surface area (TPSA) is 76.7 Å². The van der Waals surface area contributed by atoms with Crippen molar-refractivity contribution in [3.8, 4) is 11.5 Å². The zero-order chi connectivity index (χ0) is 25.5. The van der Waals surface area contributed by atoms with Gasteiger partial charge in [-0.3, -0.25) is 9.59 Å². The van der Waals surface area contributed by atoms with E-state index in [0.29, 0.717) is 17.2 Å². The number of benzene rings is 2. The van der Waals surface area contributed by atoms with Crippen molar-refractivity contribution in [2.75, 3.05) is 6.61 Å². The lowest BCUT2D eigenvalue weighted by Crippen LogP contribution is -2.68. The molecule has 2 bridgehead atoms. The van der Waals surface area contributed by atoms with Gasteiger partial charge in [-0.2, -0.15) is 0 Å². The average Bonchev–Trinajstić information content (AvgIpc) is 2.85. The summed E-state index contributed by atoms with van der Waals surface area (Å²) in [6.07, 6.45) is 4.72. The highest BCUT2D eigenvalue weighted by atomic mass is 35.5. The van der Waals surface area contributed by atoms with Crippen LogP contribution in [0.2, 0.25) is 10.0 Å². The number of nitrogens with one attached hydrogen (secondary N) is 2. The highest BCUT2D eigenvalue weighted by Crippen LogP contribution is 2.50. The summed E-state index contributed by atoms with van der Waals surface area (Å²) >= 11 is 11.8. The first kappa shape index (κ1) is 25.2. The predicted molar refractivity (Wildman–Crippen MR) is 135 cm³/mol. The summed E-state index contributed by atoms with van der Waals surface area (Å²) in [5.74, 6) is 0.228. The van der Waals surface area contributed by atoms with Crippen LogP contribution < -0.4 is 20.1 Å². The van der Waals surface area contributed by atoms with Gasteiger partial charge < -0.3 is 20.1 Å². The fourth-order valence-corrected chi connectivity index (χ4v) is 6.30. The number of carbonyl (C=O) groups is 2. The molecule has 9 heteroatoms. The van der Waals surface area contributed by atoms with Crippen LogP contribution >= 0.6 is 23.2 Å². The Morgan fingerprint density at radius 1 is 1.11 bits per heavy atom. The molecule has 3 saturated carbocycles. The molecular weight excluding hydrogens is 506 g/mol. The molecule has 3 fully saturated rings. The number of rotatable bonds is 6. The summed E-state index contributed by atoms with van der Waals surface area (Å²) in [6, 6.07) is 9.58. The molecule has 3 aliphatic carbocycles. The maximum Gasteiger partial charge on any atom is 0.261 e. The number of halogens is 3. The zero-order valence-electron chi connectivity index (χ0n) is 20.0. The van der Waals surface area contributed by atoms with Crippen molar-refractivity contribution < 1.29 is 23.5 Å². The van der Waals surface area contributed by atoms with Gasteiger partial charge in [-0.15, -0.1) is 0 Å². The summed E-state index contributed by atoms with van der Waals surface area (Å²) < 4.78 is 25.1. The molecule has 2 aromatic rings. The Kier molecular flexibility index (Phi) is 6.81. The van der Waals surface area contributed by atoms with Crippen LogP contribution in [0.15, 0.2) is 36.4 Å². The Morgan fingerprint density at radius 3 is 2.61 bits per heavy atom. The van der Waals surface area contributed by atoms with Gasteiger partial charge in [0.2, 0.25) is 0 Å². The van der Waals surface area contributed by atoms with Crippen LogP contribution in [0.25, 0.3) is 0 Å². The summed E-state index contributed by atoms with van der Waals surface area (Å²) in [5.41, 5.74) is 0.404. The Bertz CT molecular complexity index is 1180. The Balaban J connectivity index is 1.16. The molecule has 2 amide bonds. The molecule has 0 aromatic heterocycles. The fourth-order valence-electron chi connectivity index (χ4n) is 5.99. The van der Waals surface area contributed by atoms with E-state index in [9.17, 15) is 14.0 Å². The van der Waals surface area contributed by atoms with Gasteiger partial charge in [0, 0.05) is 22.2 Å². The molecule has 0 spiro atoms. The number of hydrogen-bond acceptors (Lipinski definition) is 4. The Morgan fingerprint density at radius 2 is 1.89 bits per heavy atom. The van der Waals surface area contributed by atoms with Crippen LogP contribution in [0.1, 0.15) is 51.0 Å². The van der Waals surface area contributed by atoms with E-state index in [1.54, 1.807) is 6.07 Å². The first-order chi connectivity index (χ1) is 17.2. The van der Waals surface area contributed by atoms with Crippen molar-refractivity contribution in [2.24, 2.45) is 5.92 Å². The van der Waals surface area contributed by atoms with Gasteiger partial charge in [-0.25, -0.2) is 4.39 Å². The number of hydrogen-bond donors (Lipinski definition) is 2. The molecule has 1 heterocycles. The van der Waals surface area contributed by atoms with Crippen LogP contribution in [-0.2, 0) is 16.0 Å². The number of amides is 2. The summed E-state index contributed by atoms with van der Waals surface area (Å²) in [5, 5.41) is 7.17. The van der Waals surface area contributed by atoms with Gasteiger partial charge in [-0.1, -0.05) is 30.1 Å². The number of carbonyl (C=O) groups excluding carboxylic acids is 2. The van der Waals surface area contributed by atoms with Gasteiger partial charge in [0.05, 0.1) is 5.02 Å². The van der Waals surface area contributed by atoms with Gasteiger partial charge in [-0.05, 0) is 86.8 Å². The van der Waals surface area contributed by atoms with Gasteiger partial charge >= 0.3 is 0 Å². The van der Waals surface area contributed by atoms with Crippen LogP contribution in [-0.4, -0.2) is 35.6 Å². The monoisotopic (exact) mass is 534 g/mol. The third-order valence-electron chi connectivity index (χ3n) is 8.04. The van der Waals surface area contributed by atoms with Crippen molar-refractivity contribution in [1.82, 2.24) is 10.6 Å². The van der Waals surface area contributed by atoms with Crippen LogP contribution in [0, 0.1) is 11.7 Å². The van der Waals surface area contributed by atoms with Crippen molar-refractivity contribution >= 4 is 35.0 Å². The third-order valence-corrected chi connectivity index (χ3v) is 8.58. The highest BCUT2D eigenvalue weighted by Gasteiger charge is 2.54. The van der Waals surface area contributed by atoms with E-state index in [0.717, 1.165) is 44.1 Å². The SMILES string of the molecule is C[C@H]1CC2(NC(=O)C3CCc4cc(Cl)ccc4O3)CCC1(NC(=O)COc1ccc(Cl)c(F)c1)CC2. The largest absolute Gasteiger partial charge is 0.484 e. The third kappa shape index (κ3) is 5.00. The second kappa shape index (κ2) is 9.75. The standard InChI is InChI=1S/C27H29Cl2FN2O4/c1-16-14-26(32-25(34)23-6-2-17-12-18(28)3-7-22(17)36-23)8-10-27(16,11-9-26)31-24(33)15-35-19-4-5-20(29)21(30)13-19/h3-5,7,12-13,16,23H,2,6,8-11,14-15H2,1H3,(H,31,33)(H,32,34)/t16-,23?,26?,27?/m0/s1. The Labute approximate surface area is 219 Å². The minimum Gasteiger partial charge on any atom is -0.484 e. The second-order valence-electron chi connectivity index (χ2n) is 10.3. The predicted octanol–water partition coefficient (Wildman–Crippen LogP) is 5.23.